The number of amides is 1. The molecule has 2 aromatic rings. The van der Waals surface area contributed by atoms with Crippen molar-refractivity contribution in [1.82, 2.24) is 14.8 Å². The molecule has 1 aliphatic rings. The minimum atomic E-state index is -0.134. The van der Waals surface area contributed by atoms with Gasteiger partial charge in [-0.1, -0.05) is 25.6 Å². The molecule has 2 heterocycles. The van der Waals surface area contributed by atoms with Gasteiger partial charge in [0.15, 0.2) is 5.16 Å². The van der Waals surface area contributed by atoms with E-state index in [-0.39, 0.29) is 11.7 Å². The normalized spacial score (nSPS) is 14.0. The first kappa shape index (κ1) is 16.0. The van der Waals surface area contributed by atoms with E-state index in [1.54, 1.807) is 11.4 Å². The zero-order valence-electron chi connectivity index (χ0n) is 12.9. The third-order valence-corrected chi connectivity index (χ3v) is 5.26. The summed E-state index contributed by atoms with van der Waals surface area (Å²) < 4.78 is 2.18. The molecule has 1 fully saturated rings. The molecule has 1 saturated carbocycles. The van der Waals surface area contributed by atoms with Gasteiger partial charge in [0.2, 0.25) is 5.91 Å². The van der Waals surface area contributed by atoms with E-state index >= 15 is 0 Å². The quantitative estimate of drug-likeness (QED) is 0.810. The predicted molar refractivity (Wildman–Crippen MR) is 90.8 cm³/mol. The minimum Gasteiger partial charge on any atom is -0.316 e. The second-order valence-corrected chi connectivity index (χ2v) is 7.57. The molecule has 0 bridgehead atoms. The van der Waals surface area contributed by atoms with E-state index in [9.17, 15) is 4.79 Å². The van der Waals surface area contributed by atoms with Crippen LogP contribution in [0.2, 0.25) is 0 Å². The number of carbonyl (C=O) groups excluding carboxylic acids is 1. The first-order valence-electron chi connectivity index (χ1n) is 7.45. The molecule has 2 aromatic heterocycles. The Balaban J connectivity index is 1.64. The van der Waals surface area contributed by atoms with E-state index in [0.29, 0.717) is 22.5 Å². The highest BCUT2D eigenvalue weighted by molar-refractivity contribution is 7.99. The maximum absolute atomic E-state index is 12.1. The van der Waals surface area contributed by atoms with Gasteiger partial charge in [0.1, 0.15) is 16.9 Å². The number of nitriles is 1. The zero-order chi connectivity index (χ0) is 16.4. The number of thiophene rings is 1. The van der Waals surface area contributed by atoms with Gasteiger partial charge in [-0.25, -0.2) is 0 Å². The summed E-state index contributed by atoms with van der Waals surface area (Å²) in [6, 6.07) is 4.25. The number of thioether (sulfide) groups is 1. The van der Waals surface area contributed by atoms with Crippen LogP contribution < -0.4 is 5.32 Å². The van der Waals surface area contributed by atoms with E-state index in [2.05, 4.69) is 40.0 Å². The van der Waals surface area contributed by atoms with Gasteiger partial charge in [0.05, 0.1) is 11.3 Å². The first-order chi connectivity index (χ1) is 11.1. The lowest BCUT2D eigenvalue weighted by atomic mass is 10.2. The molecule has 0 atom stereocenters. The fraction of sp³-hybridized carbons (Fsp3) is 0.467. The molecule has 6 nitrogen and oxygen atoms in total. The zero-order valence-corrected chi connectivity index (χ0v) is 14.6. The van der Waals surface area contributed by atoms with Crippen LogP contribution in [0.15, 0.2) is 16.6 Å². The standard InChI is InChI=1S/C15H17N5OS2/c1-9(2)13-18-19-15(20(13)11-3-4-11)23-8-12(21)17-14-10(7-16)5-6-22-14/h5-6,9,11H,3-4,8H2,1-2H3,(H,17,21). The molecule has 1 amide bonds. The highest BCUT2D eigenvalue weighted by atomic mass is 32.2. The van der Waals surface area contributed by atoms with Crippen LogP contribution in [0, 0.1) is 11.3 Å². The van der Waals surface area contributed by atoms with Crippen molar-refractivity contribution in [2.24, 2.45) is 0 Å². The molecule has 1 aliphatic carbocycles. The van der Waals surface area contributed by atoms with Gasteiger partial charge >= 0.3 is 0 Å². The van der Waals surface area contributed by atoms with Crippen LogP contribution in [0.4, 0.5) is 5.00 Å². The van der Waals surface area contributed by atoms with Gasteiger partial charge < -0.3 is 9.88 Å². The van der Waals surface area contributed by atoms with E-state index in [1.165, 1.54) is 23.1 Å². The maximum Gasteiger partial charge on any atom is 0.235 e. The third-order valence-electron chi connectivity index (χ3n) is 3.49. The van der Waals surface area contributed by atoms with Gasteiger partial charge in [-0.05, 0) is 24.3 Å². The molecule has 0 radical (unpaired) electrons. The largest absolute Gasteiger partial charge is 0.316 e. The first-order valence-corrected chi connectivity index (χ1v) is 9.31. The van der Waals surface area contributed by atoms with Crippen LogP contribution in [0.3, 0.4) is 0 Å². The Morgan fingerprint density at radius 1 is 1.57 bits per heavy atom. The molecule has 120 valence electrons. The lowest BCUT2D eigenvalue weighted by Crippen LogP contribution is -2.14. The molecule has 0 spiro atoms. The Hall–Kier alpha value is -1.85. The Bertz CT molecular complexity index is 754. The Morgan fingerprint density at radius 2 is 2.35 bits per heavy atom. The third kappa shape index (κ3) is 3.57. The lowest BCUT2D eigenvalue weighted by Gasteiger charge is -2.10. The monoisotopic (exact) mass is 347 g/mol. The molecule has 0 aliphatic heterocycles. The minimum absolute atomic E-state index is 0.134. The second kappa shape index (κ2) is 6.72. The van der Waals surface area contributed by atoms with Crippen LogP contribution in [0.1, 0.15) is 50.0 Å². The second-order valence-electron chi connectivity index (χ2n) is 5.71. The SMILES string of the molecule is CC(C)c1nnc(SCC(=O)Nc2sccc2C#N)n1C1CC1. The van der Waals surface area contributed by atoms with Crippen molar-refractivity contribution >= 4 is 34.0 Å². The molecule has 0 unspecified atom stereocenters. The number of nitrogens with one attached hydrogen (secondary N) is 1. The molecular weight excluding hydrogens is 330 g/mol. The van der Waals surface area contributed by atoms with Gasteiger partial charge in [-0.2, -0.15) is 5.26 Å². The summed E-state index contributed by atoms with van der Waals surface area (Å²) in [5.74, 6) is 1.42. The maximum atomic E-state index is 12.1. The van der Waals surface area contributed by atoms with E-state index < -0.39 is 0 Å². The number of carbonyl (C=O) groups is 1. The highest BCUT2D eigenvalue weighted by Gasteiger charge is 2.30. The number of hydrogen-bond donors (Lipinski definition) is 1. The fourth-order valence-corrected chi connectivity index (χ4v) is 3.81. The van der Waals surface area contributed by atoms with Crippen LogP contribution in [-0.2, 0) is 4.79 Å². The van der Waals surface area contributed by atoms with E-state index in [1.807, 2.05) is 0 Å². The van der Waals surface area contributed by atoms with Crippen molar-refractivity contribution in [1.29, 1.82) is 5.26 Å². The lowest BCUT2D eigenvalue weighted by molar-refractivity contribution is -0.113. The highest BCUT2D eigenvalue weighted by Crippen LogP contribution is 2.40. The van der Waals surface area contributed by atoms with Crippen molar-refractivity contribution in [2.45, 2.75) is 43.8 Å². The average molecular weight is 347 g/mol. The summed E-state index contributed by atoms with van der Waals surface area (Å²) in [5, 5.41) is 23.5. The van der Waals surface area contributed by atoms with Crippen LogP contribution in [0.5, 0.6) is 0 Å². The Kier molecular flexibility index (Phi) is 4.68. The van der Waals surface area contributed by atoms with Crippen molar-refractivity contribution in [3.05, 3.63) is 22.8 Å². The van der Waals surface area contributed by atoms with E-state index in [4.69, 9.17) is 5.26 Å². The summed E-state index contributed by atoms with van der Waals surface area (Å²) in [7, 11) is 0. The van der Waals surface area contributed by atoms with Gasteiger partial charge in [-0.15, -0.1) is 21.5 Å². The number of anilines is 1. The Morgan fingerprint density at radius 3 is 3.00 bits per heavy atom. The van der Waals surface area contributed by atoms with Gasteiger partial charge in [0, 0.05) is 12.0 Å². The molecule has 23 heavy (non-hydrogen) atoms. The summed E-state index contributed by atoms with van der Waals surface area (Å²) >= 11 is 2.75. The molecule has 0 aromatic carbocycles. The number of nitrogens with zero attached hydrogens (tertiary/aromatic N) is 4. The van der Waals surface area contributed by atoms with Crippen molar-refractivity contribution in [3.63, 3.8) is 0 Å². The summed E-state index contributed by atoms with van der Waals surface area (Å²) in [6.45, 7) is 4.20. The number of hydrogen-bond acceptors (Lipinski definition) is 6. The topological polar surface area (TPSA) is 83.6 Å². The smallest absolute Gasteiger partial charge is 0.235 e. The number of aromatic nitrogens is 3. The van der Waals surface area contributed by atoms with Crippen molar-refractivity contribution in [2.75, 3.05) is 11.1 Å². The van der Waals surface area contributed by atoms with Crippen LogP contribution in [0.25, 0.3) is 0 Å². The fourth-order valence-electron chi connectivity index (χ4n) is 2.24. The van der Waals surface area contributed by atoms with Gasteiger partial charge in [0.25, 0.3) is 0 Å². The van der Waals surface area contributed by atoms with Crippen molar-refractivity contribution in [3.8, 4) is 6.07 Å². The summed E-state index contributed by atoms with van der Waals surface area (Å²) in [4.78, 5) is 12.1. The van der Waals surface area contributed by atoms with Crippen LogP contribution >= 0.6 is 23.1 Å². The average Bonchev–Trinajstić information content (AvgIpc) is 3.11. The molecule has 1 N–H and O–H groups in total. The van der Waals surface area contributed by atoms with Gasteiger partial charge in [-0.3, -0.25) is 4.79 Å². The number of rotatable bonds is 6. The molecule has 0 saturated heterocycles. The predicted octanol–water partition coefficient (Wildman–Crippen LogP) is 3.40. The molecule has 8 heteroatoms. The summed E-state index contributed by atoms with van der Waals surface area (Å²) in [6.07, 6.45) is 2.30. The van der Waals surface area contributed by atoms with Crippen LogP contribution in [-0.4, -0.2) is 26.4 Å². The van der Waals surface area contributed by atoms with Crippen molar-refractivity contribution < 1.29 is 4.79 Å². The molecule has 3 rings (SSSR count). The summed E-state index contributed by atoms with van der Waals surface area (Å²) in [5.41, 5.74) is 0.497. The van der Waals surface area contributed by atoms with E-state index in [0.717, 1.165) is 23.8 Å². The Labute approximate surface area is 142 Å². The molecular formula is C15H17N5OS2.